The predicted octanol–water partition coefficient (Wildman–Crippen LogP) is 4.96. The fourth-order valence-corrected chi connectivity index (χ4v) is 5.00. The number of aryl methyl sites for hydroxylation is 1. The Labute approximate surface area is 165 Å². The average Bonchev–Trinajstić information content (AvgIpc) is 3.30. The number of thiocarbonyl (C=S) groups is 1. The molecule has 3 heterocycles. The average molecular weight is 398 g/mol. The molecular weight excluding hydrogens is 382 g/mol. The fourth-order valence-electron chi connectivity index (χ4n) is 2.96. The SMILES string of the molecule is Cc1cc(/C=C2\SC(=S)N(c3ccccc3)C2=O)c(C)n1-c1nccs1. The van der Waals surface area contributed by atoms with Gasteiger partial charge in [0.15, 0.2) is 9.45 Å². The van der Waals surface area contributed by atoms with Gasteiger partial charge in [-0.25, -0.2) is 4.98 Å². The first-order valence-electron chi connectivity index (χ1n) is 7.98. The van der Waals surface area contributed by atoms with E-state index in [2.05, 4.69) is 15.6 Å². The Morgan fingerprint density at radius 1 is 1.19 bits per heavy atom. The third-order valence-corrected chi connectivity index (χ3v) is 6.23. The van der Waals surface area contributed by atoms with Crippen LogP contribution in [0.4, 0.5) is 5.69 Å². The van der Waals surface area contributed by atoms with Crippen molar-refractivity contribution < 1.29 is 4.79 Å². The van der Waals surface area contributed by atoms with Gasteiger partial charge in [0.05, 0.1) is 10.6 Å². The number of carbonyl (C=O) groups is 1. The van der Waals surface area contributed by atoms with Crippen LogP contribution in [0.25, 0.3) is 11.2 Å². The molecular formula is C19H15N3OS3. The summed E-state index contributed by atoms with van der Waals surface area (Å²) in [5, 5.41) is 2.88. The van der Waals surface area contributed by atoms with Gasteiger partial charge in [0, 0.05) is 23.0 Å². The van der Waals surface area contributed by atoms with Gasteiger partial charge in [-0.05, 0) is 43.7 Å². The summed E-state index contributed by atoms with van der Waals surface area (Å²) in [5.74, 6) is -0.0785. The van der Waals surface area contributed by atoms with Crippen molar-refractivity contribution in [3.05, 3.63) is 69.8 Å². The number of hydrogen-bond acceptors (Lipinski definition) is 5. The lowest BCUT2D eigenvalue weighted by molar-refractivity contribution is -0.113. The number of amides is 1. The lowest BCUT2D eigenvalue weighted by Gasteiger charge is -2.13. The maximum absolute atomic E-state index is 12.9. The van der Waals surface area contributed by atoms with Gasteiger partial charge >= 0.3 is 0 Å². The molecule has 4 rings (SSSR count). The molecule has 7 heteroatoms. The normalized spacial score (nSPS) is 16.1. The molecule has 130 valence electrons. The zero-order valence-corrected chi connectivity index (χ0v) is 16.6. The van der Waals surface area contributed by atoms with Crippen molar-refractivity contribution in [3.63, 3.8) is 0 Å². The summed E-state index contributed by atoms with van der Waals surface area (Å²) in [6.45, 7) is 4.08. The number of anilines is 1. The van der Waals surface area contributed by atoms with Gasteiger partial charge in [-0.15, -0.1) is 11.3 Å². The van der Waals surface area contributed by atoms with Gasteiger partial charge < -0.3 is 0 Å². The standard InChI is InChI=1S/C19H15N3OS3/c1-12-10-14(13(2)21(12)18-20-8-9-25-18)11-16-17(23)22(19(24)26-16)15-6-4-3-5-7-15/h3-11H,1-2H3/b16-11-. The minimum Gasteiger partial charge on any atom is -0.294 e. The number of hydrogen-bond donors (Lipinski definition) is 0. The Balaban J connectivity index is 1.71. The Bertz CT molecular complexity index is 1020. The summed E-state index contributed by atoms with van der Waals surface area (Å²) in [6, 6.07) is 11.6. The number of rotatable bonds is 3. The summed E-state index contributed by atoms with van der Waals surface area (Å²) in [5.41, 5.74) is 3.95. The van der Waals surface area contributed by atoms with Gasteiger partial charge in [-0.3, -0.25) is 14.3 Å². The smallest absolute Gasteiger partial charge is 0.270 e. The second-order valence-corrected chi connectivity index (χ2v) is 8.38. The molecule has 0 atom stereocenters. The number of carbonyl (C=O) groups excluding carboxylic acids is 1. The van der Waals surface area contributed by atoms with Gasteiger partial charge in [-0.1, -0.05) is 42.2 Å². The number of aromatic nitrogens is 2. The topological polar surface area (TPSA) is 38.1 Å². The summed E-state index contributed by atoms with van der Waals surface area (Å²) in [7, 11) is 0. The van der Waals surface area contributed by atoms with Crippen LogP contribution in [0.5, 0.6) is 0 Å². The maximum Gasteiger partial charge on any atom is 0.270 e. The van der Waals surface area contributed by atoms with Crippen LogP contribution in [0.15, 0.2) is 52.9 Å². The molecule has 2 aromatic heterocycles. The van der Waals surface area contributed by atoms with E-state index in [1.54, 1.807) is 22.4 Å². The van der Waals surface area contributed by atoms with Gasteiger partial charge in [0.1, 0.15) is 0 Å². The van der Waals surface area contributed by atoms with E-state index in [4.69, 9.17) is 12.2 Å². The highest BCUT2D eigenvalue weighted by molar-refractivity contribution is 8.27. The molecule has 1 aliphatic heterocycles. The van der Waals surface area contributed by atoms with Crippen LogP contribution in [0.1, 0.15) is 17.0 Å². The molecule has 0 radical (unpaired) electrons. The van der Waals surface area contributed by atoms with Crippen molar-refractivity contribution in [3.8, 4) is 5.13 Å². The highest BCUT2D eigenvalue weighted by atomic mass is 32.2. The lowest BCUT2D eigenvalue weighted by Crippen LogP contribution is -2.27. The second-order valence-electron chi connectivity index (χ2n) is 5.83. The minimum atomic E-state index is -0.0785. The molecule has 0 bridgehead atoms. The summed E-state index contributed by atoms with van der Waals surface area (Å²) >= 11 is 8.36. The van der Waals surface area contributed by atoms with E-state index >= 15 is 0 Å². The van der Waals surface area contributed by atoms with E-state index in [9.17, 15) is 4.79 Å². The molecule has 4 nitrogen and oxygen atoms in total. The van der Waals surface area contributed by atoms with Crippen LogP contribution in [-0.2, 0) is 4.79 Å². The first-order chi connectivity index (χ1) is 12.6. The Morgan fingerprint density at radius 3 is 2.65 bits per heavy atom. The van der Waals surface area contributed by atoms with Crippen LogP contribution in [-0.4, -0.2) is 19.8 Å². The van der Waals surface area contributed by atoms with Gasteiger partial charge in [-0.2, -0.15) is 0 Å². The van der Waals surface area contributed by atoms with Crippen LogP contribution < -0.4 is 4.90 Å². The summed E-state index contributed by atoms with van der Waals surface area (Å²) < 4.78 is 2.66. The van der Waals surface area contributed by atoms with E-state index in [1.165, 1.54) is 11.8 Å². The summed E-state index contributed by atoms with van der Waals surface area (Å²) in [6.07, 6.45) is 3.72. The fraction of sp³-hybridized carbons (Fsp3) is 0.105. The molecule has 1 aliphatic rings. The Hall–Kier alpha value is -2.22. The Morgan fingerprint density at radius 2 is 1.96 bits per heavy atom. The van der Waals surface area contributed by atoms with E-state index < -0.39 is 0 Å². The van der Waals surface area contributed by atoms with Crippen molar-refractivity contribution in [1.29, 1.82) is 0 Å². The Kier molecular flexibility index (Phi) is 4.52. The van der Waals surface area contributed by atoms with Crippen molar-refractivity contribution in [2.45, 2.75) is 13.8 Å². The molecule has 3 aromatic rings. The van der Waals surface area contributed by atoms with E-state index in [0.29, 0.717) is 9.23 Å². The first kappa shape index (κ1) is 17.2. The molecule has 1 amide bonds. The monoisotopic (exact) mass is 397 g/mol. The van der Waals surface area contributed by atoms with Crippen molar-refractivity contribution in [1.82, 2.24) is 9.55 Å². The van der Waals surface area contributed by atoms with Gasteiger partial charge in [0.25, 0.3) is 5.91 Å². The maximum atomic E-state index is 12.9. The molecule has 1 fully saturated rings. The largest absolute Gasteiger partial charge is 0.294 e. The molecule has 0 saturated carbocycles. The number of thioether (sulfide) groups is 1. The van der Waals surface area contributed by atoms with E-state index in [0.717, 1.165) is 27.8 Å². The molecule has 1 saturated heterocycles. The molecule has 0 unspecified atom stereocenters. The highest BCUT2D eigenvalue weighted by Crippen LogP contribution is 2.36. The van der Waals surface area contributed by atoms with Crippen molar-refractivity contribution in [2.75, 3.05) is 4.90 Å². The van der Waals surface area contributed by atoms with Crippen LogP contribution in [0, 0.1) is 13.8 Å². The number of thiazole rings is 1. The number of nitrogens with zero attached hydrogens (tertiary/aromatic N) is 3. The zero-order chi connectivity index (χ0) is 18.3. The van der Waals surface area contributed by atoms with Crippen molar-refractivity contribution in [2.24, 2.45) is 0 Å². The minimum absolute atomic E-state index is 0.0785. The molecule has 1 aromatic carbocycles. The van der Waals surface area contributed by atoms with Gasteiger partial charge in [0.2, 0.25) is 0 Å². The summed E-state index contributed by atoms with van der Waals surface area (Å²) in [4.78, 5) is 19.5. The molecule has 0 spiro atoms. The highest BCUT2D eigenvalue weighted by Gasteiger charge is 2.33. The number of para-hydroxylation sites is 1. The third kappa shape index (κ3) is 2.92. The molecule has 26 heavy (non-hydrogen) atoms. The van der Waals surface area contributed by atoms with E-state index in [1.807, 2.05) is 55.6 Å². The number of benzene rings is 1. The zero-order valence-electron chi connectivity index (χ0n) is 14.2. The van der Waals surface area contributed by atoms with E-state index in [-0.39, 0.29) is 5.91 Å². The van der Waals surface area contributed by atoms with Crippen LogP contribution in [0.2, 0.25) is 0 Å². The molecule has 0 aliphatic carbocycles. The second kappa shape index (κ2) is 6.83. The molecule has 0 N–H and O–H groups in total. The first-order valence-corrected chi connectivity index (χ1v) is 10.1. The third-order valence-electron chi connectivity index (χ3n) is 4.18. The van der Waals surface area contributed by atoms with Crippen LogP contribution >= 0.6 is 35.3 Å². The lowest BCUT2D eigenvalue weighted by atomic mass is 10.2. The van der Waals surface area contributed by atoms with Crippen LogP contribution in [0.3, 0.4) is 0 Å². The quantitative estimate of drug-likeness (QED) is 0.463. The van der Waals surface area contributed by atoms with Crippen molar-refractivity contribution >= 4 is 57.3 Å². The predicted molar refractivity (Wildman–Crippen MR) is 113 cm³/mol.